The van der Waals surface area contributed by atoms with Gasteiger partial charge in [0.2, 0.25) is 0 Å². The number of piperidine rings is 1. The molecule has 0 bridgehead atoms. The van der Waals surface area contributed by atoms with Crippen LogP contribution in [0.1, 0.15) is 76.2 Å². The highest BCUT2D eigenvalue weighted by Crippen LogP contribution is 2.54. The molecule has 0 atom stereocenters. The summed E-state index contributed by atoms with van der Waals surface area (Å²) in [5, 5.41) is 15.9. The third-order valence-corrected chi connectivity index (χ3v) is 9.55. The summed E-state index contributed by atoms with van der Waals surface area (Å²) in [5.41, 5.74) is 1.15. The number of carbonyl (C=O) groups is 1. The summed E-state index contributed by atoms with van der Waals surface area (Å²) in [7, 11) is -3.52. The van der Waals surface area contributed by atoms with Gasteiger partial charge in [0.05, 0.1) is 28.4 Å². The van der Waals surface area contributed by atoms with Gasteiger partial charge in [0.25, 0.3) is 5.91 Å². The van der Waals surface area contributed by atoms with Gasteiger partial charge in [0.1, 0.15) is 11.6 Å². The van der Waals surface area contributed by atoms with Gasteiger partial charge < -0.3 is 20.6 Å². The number of nitrogens with one attached hydrogen (secondary N) is 2. The number of carbonyl (C=O) groups excluding carboxylic acids is 1. The molecule has 1 saturated carbocycles. The molecule has 1 aliphatic heterocycles. The number of pyridine rings is 1. The van der Waals surface area contributed by atoms with Gasteiger partial charge in [-0.25, -0.2) is 13.4 Å². The highest BCUT2D eigenvalue weighted by atomic mass is 32.2. The smallest absolute Gasteiger partial charge is 0.259 e. The van der Waals surface area contributed by atoms with Crippen LogP contribution in [-0.4, -0.2) is 55.4 Å². The van der Waals surface area contributed by atoms with Gasteiger partial charge in [0.15, 0.2) is 9.84 Å². The molecule has 208 valence electrons. The van der Waals surface area contributed by atoms with Crippen LogP contribution in [-0.2, 0) is 9.84 Å². The molecule has 1 aromatic heterocycles. The number of aryl methyl sites for hydroxylation is 1. The van der Waals surface area contributed by atoms with Crippen molar-refractivity contribution in [3.05, 3.63) is 41.5 Å². The Bertz CT molecular complexity index is 1300. The molecular weight excluding hydrogens is 500 g/mol. The van der Waals surface area contributed by atoms with Crippen molar-refractivity contribution in [1.29, 1.82) is 0 Å². The molecular formula is C29H42N4O4S. The van der Waals surface area contributed by atoms with Crippen LogP contribution in [0.5, 0.6) is 0 Å². The summed E-state index contributed by atoms with van der Waals surface area (Å²) in [5.74, 6) is 0.871. The molecule has 1 spiro atoms. The molecule has 0 unspecified atom stereocenters. The number of nitrogens with zero attached hydrogens (tertiary/aromatic N) is 2. The zero-order valence-corrected chi connectivity index (χ0v) is 24.3. The first-order valence-electron chi connectivity index (χ1n) is 13.4. The standard InChI is InChI=1S/C29H42N4O4S/c1-20-15-21(17-22(16-20)38(36,37)19-27(2,3)4)30-26(35)23-7-8-24(32-28(5,6)18-34)31-25(23)33-13-11-29(9-10-29)12-14-33/h7-8,15-17,34H,9-14,18-19H2,1-6H3,(H,30,35)(H,31,32). The van der Waals surface area contributed by atoms with Crippen molar-refractivity contribution in [2.75, 3.05) is 41.0 Å². The molecule has 4 rings (SSSR count). The van der Waals surface area contributed by atoms with E-state index in [-0.39, 0.29) is 28.6 Å². The molecule has 2 aliphatic rings. The Morgan fingerprint density at radius 1 is 1.05 bits per heavy atom. The highest BCUT2D eigenvalue weighted by molar-refractivity contribution is 7.91. The van der Waals surface area contributed by atoms with Crippen molar-refractivity contribution in [2.24, 2.45) is 10.8 Å². The molecule has 1 amide bonds. The number of sulfone groups is 1. The zero-order chi connectivity index (χ0) is 27.9. The van der Waals surface area contributed by atoms with Crippen LogP contribution in [0.4, 0.5) is 17.3 Å². The number of anilines is 3. The zero-order valence-electron chi connectivity index (χ0n) is 23.5. The second-order valence-electron chi connectivity index (χ2n) is 13.0. The fraction of sp³-hybridized carbons (Fsp3) is 0.586. The third-order valence-electron chi connectivity index (χ3n) is 7.35. The van der Waals surface area contributed by atoms with Crippen molar-refractivity contribution in [3.63, 3.8) is 0 Å². The fourth-order valence-corrected chi connectivity index (χ4v) is 7.02. The molecule has 0 radical (unpaired) electrons. The molecule has 2 fully saturated rings. The van der Waals surface area contributed by atoms with Crippen LogP contribution in [0, 0.1) is 17.8 Å². The van der Waals surface area contributed by atoms with Crippen LogP contribution >= 0.6 is 0 Å². The van der Waals surface area contributed by atoms with Crippen molar-refractivity contribution in [1.82, 2.24) is 4.98 Å². The number of aromatic nitrogens is 1. The minimum absolute atomic E-state index is 0.0139. The van der Waals surface area contributed by atoms with Gasteiger partial charge in [-0.05, 0) is 93.2 Å². The Balaban J connectivity index is 1.63. The number of hydrogen-bond donors (Lipinski definition) is 3. The van der Waals surface area contributed by atoms with E-state index in [2.05, 4.69) is 15.5 Å². The van der Waals surface area contributed by atoms with Gasteiger partial charge in [-0.15, -0.1) is 0 Å². The lowest BCUT2D eigenvalue weighted by Crippen LogP contribution is -2.38. The summed E-state index contributed by atoms with van der Waals surface area (Å²) in [4.78, 5) is 20.8. The molecule has 9 heteroatoms. The monoisotopic (exact) mass is 542 g/mol. The maximum absolute atomic E-state index is 13.6. The molecule has 1 aliphatic carbocycles. The lowest BCUT2D eigenvalue weighted by atomic mass is 9.93. The van der Waals surface area contributed by atoms with E-state index >= 15 is 0 Å². The average molecular weight is 543 g/mol. The summed E-state index contributed by atoms with van der Waals surface area (Å²) >= 11 is 0. The predicted molar refractivity (Wildman–Crippen MR) is 153 cm³/mol. The van der Waals surface area contributed by atoms with Crippen LogP contribution in [0.2, 0.25) is 0 Å². The average Bonchev–Trinajstić information content (AvgIpc) is 3.56. The van der Waals surface area contributed by atoms with Crippen molar-refractivity contribution >= 4 is 33.1 Å². The maximum Gasteiger partial charge on any atom is 0.259 e. The largest absolute Gasteiger partial charge is 0.394 e. The Hall–Kier alpha value is -2.65. The first kappa shape index (κ1) is 28.4. The van der Waals surface area contributed by atoms with Gasteiger partial charge in [-0.1, -0.05) is 20.8 Å². The number of benzene rings is 1. The molecule has 2 heterocycles. The van der Waals surface area contributed by atoms with E-state index in [0.717, 1.165) is 31.5 Å². The fourth-order valence-electron chi connectivity index (χ4n) is 5.04. The number of aliphatic hydroxyl groups is 1. The van der Waals surface area contributed by atoms with Gasteiger partial charge in [0, 0.05) is 18.8 Å². The summed E-state index contributed by atoms with van der Waals surface area (Å²) in [6.45, 7) is 12.9. The van der Waals surface area contributed by atoms with Gasteiger partial charge >= 0.3 is 0 Å². The Labute approximate surface area is 227 Å². The lowest BCUT2D eigenvalue weighted by molar-refractivity contribution is 0.102. The molecule has 1 saturated heterocycles. The molecule has 1 aromatic carbocycles. The van der Waals surface area contributed by atoms with E-state index in [1.807, 2.05) is 41.5 Å². The summed E-state index contributed by atoms with van der Waals surface area (Å²) in [6.07, 6.45) is 4.73. The number of hydrogen-bond acceptors (Lipinski definition) is 7. The maximum atomic E-state index is 13.6. The van der Waals surface area contributed by atoms with E-state index in [1.54, 1.807) is 24.3 Å². The minimum Gasteiger partial charge on any atom is -0.394 e. The SMILES string of the molecule is Cc1cc(NC(=O)c2ccc(NC(C)(C)CO)nc2N2CCC3(CC2)CC3)cc(S(=O)(=O)CC(C)(C)C)c1. The topological polar surface area (TPSA) is 112 Å². The van der Waals surface area contributed by atoms with Crippen molar-refractivity contribution in [3.8, 4) is 0 Å². The first-order chi connectivity index (χ1) is 17.6. The number of rotatable bonds is 8. The second-order valence-corrected chi connectivity index (χ2v) is 15.0. The summed E-state index contributed by atoms with van der Waals surface area (Å²) in [6, 6.07) is 8.46. The molecule has 3 N–H and O–H groups in total. The Kier molecular flexibility index (Phi) is 7.58. The van der Waals surface area contributed by atoms with Crippen molar-refractivity contribution in [2.45, 2.75) is 77.7 Å². The van der Waals surface area contributed by atoms with E-state index < -0.39 is 15.4 Å². The van der Waals surface area contributed by atoms with E-state index in [1.165, 1.54) is 18.9 Å². The minimum atomic E-state index is -3.52. The molecule has 2 aromatic rings. The quantitative estimate of drug-likeness (QED) is 0.429. The predicted octanol–water partition coefficient (Wildman–Crippen LogP) is 5.03. The molecule has 38 heavy (non-hydrogen) atoms. The Morgan fingerprint density at radius 2 is 1.71 bits per heavy atom. The van der Waals surface area contributed by atoms with Crippen LogP contribution in [0.3, 0.4) is 0 Å². The van der Waals surface area contributed by atoms with Crippen LogP contribution in [0.25, 0.3) is 0 Å². The van der Waals surface area contributed by atoms with E-state index in [9.17, 15) is 18.3 Å². The van der Waals surface area contributed by atoms with Gasteiger partial charge in [-0.2, -0.15) is 0 Å². The molecule has 8 nitrogen and oxygen atoms in total. The number of amides is 1. The van der Waals surface area contributed by atoms with Crippen LogP contribution in [0.15, 0.2) is 35.2 Å². The first-order valence-corrected chi connectivity index (χ1v) is 15.1. The summed E-state index contributed by atoms with van der Waals surface area (Å²) < 4.78 is 26.1. The van der Waals surface area contributed by atoms with E-state index in [4.69, 9.17) is 4.98 Å². The van der Waals surface area contributed by atoms with Crippen molar-refractivity contribution < 1.29 is 18.3 Å². The third kappa shape index (κ3) is 6.86. The van der Waals surface area contributed by atoms with E-state index in [0.29, 0.717) is 28.3 Å². The highest BCUT2D eigenvalue weighted by Gasteiger charge is 2.45. The second kappa shape index (κ2) is 10.2. The van der Waals surface area contributed by atoms with Crippen LogP contribution < -0.4 is 15.5 Å². The normalized spacial score (nSPS) is 17.4. The Morgan fingerprint density at radius 3 is 2.29 bits per heavy atom. The number of aliphatic hydroxyl groups excluding tert-OH is 1. The van der Waals surface area contributed by atoms with Gasteiger partial charge in [-0.3, -0.25) is 4.79 Å². The lowest BCUT2D eigenvalue weighted by Gasteiger charge is -2.34.